The molecule has 1 aromatic heterocycles. The molecule has 0 saturated heterocycles. The van der Waals surface area contributed by atoms with Gasteiger partial charge in [-0.1, -0.05) is 29.8 Å². The third-order valence-corrected chi connectivity index (χ3v) is 5.66. The molecule has 0 aliphatic heterocycles. The second-order valence-electron chi connectivity index (χ2n) is 3.85. The lowest BCUT2D eigenvalue weighted by Gasteiger charge is -2.21. The quantitative estimate of drug-likeness (QED) is 0.630. The van der Waals surface area contributed by atoms with Crippen LogP contribution >= 0.6 is 29.3 Å². The van der Waals surface area contributed by atoms with Crippen molar-refractivity contribution in [3.05, 3.63) is 42.7 Å². The second-order valence-corrected chi connectivity index (χ2v) is 7.65. The summed E-state index contributed by atoms with van der Waals surface area (Å²) in [7, 11) is 0. The van der Waals surface area contributed by atoms with Crippen LogP contribution < -0.4 is 10.9 Å². The predicted octanol–water partition coefficient (Wildman–Crippen LogP) is 3.43. The van der Waals surface area contributed by atoms with Crippen LogP contribution in [0.5, 0.6) is 0 Å². The van der Waals surface area contributed by atoms with Crippen LogP contribution in [0.3, 0.4) is 0 Å². The molecule has 1 aromatic carbocycles. The van der Waals surface area contributed by atoms with Crippen LogP contribution in [0.1, 0.15) is 0 Å². The standard InChI is InChI=1S/C11H8Cl2F3N2OP/c12-9(14)11(15,16)18-7-6-17-10(18)20(13,19)8-4-2-1-3-5-8/h1-7,9H. The molecule has 0 fully saturated rings. The Bertz CT molecular complexity index is 648. The van der Waals surface area contributed by atoms with Gasteiger partial charge in [-0.15, -0.1) is 0 Å². The van der Waals surface area contributed by atoms with Crippen LogP contribution in [0, 0.1) is 0 Å². The number of halogens is 5. The van der Waals surface area contributed by atoms with Crippen molar-refractivity contribution in [2.45, 2.75) is 11.7 Å². The van der Waals surface area contributed by atoms with Crippen molar-refractivity contribution in [2.75, 3.05) is 0 Å². The summed E-state index contributed by atoms with van der Waals surface area (Å²) in [5.74, 6) is 0. The van der Waals surface area contributed by atoms with Gasteiger partial charge in [0.2, 0.25) is 0 Å². The molecule has 9 heteroatoms. The van der Waals surface area contributed by atoms with Gasteiger partial charge in [0.25, 0.3) is 12.1 Å². The molecule has 0 bridgehead atoms. The first-order valence-electron chi connectivity index (χ1n) is 5.33. The van der Waals surface area contributed by atoms with E-state index in [2.05, 4.69) is 4.98 Å². The summed E-state index contributed by atoms with van der Waals surface area (Å²) in [4.78, 5) is 3.58. The first kappa shape index (κ1) is 15.4. The van der Waals surface area contributed by atoms with Crippen molar-refractivity contribution in [3.8, 4) is 0 Å². The first-order valence-corrected chi connectivity index (χ1v) is 8.38. The molecule has 0 N–H and O–H groups in total. The molecule has 0 aliphatic carbocycles. The maximum Gasteiger partial charge on any atom is 0.375 e. The van der Waals surface area contributed by atoms with E-state index >= 15 is 0 Å². The number of aromatic nitrogens is 2. The predicted molar refractivity (Wildman–Crippen MR) is 72.3 cm³/mol. The Morgan fingerprint density at radius 3 is 2.45 bits per heavy atom. The lowest BCUT2D eigenvalue weighted by molar-refractivity contribution is -0.113. The van der Waals surface area contributed by atoms with E-state index in [0.717, 1.165) is 12.4 Å². The van der Waals surface area contributed by atoms with Crippen molar-refractivity contribution in [3.63, 3.8) is 0 Å². The molecule has 0 radical (unpaired) electrons. The molecule has 108 valence electrons. The molecule has 2 atom stereocenters. The van der Waals surface area contributed by atoms with E-state index in [1.54, 1.807) is 18.2 Å². The zero-order chi connectivity index (χ0) is 15.0. The monoisotopic (exact) mass is 342 g/mol. The summed E-state index contributed by atoms with van der Waals surface area (Å²) in [6, 6.07) is 3.48. The molecule has 2 aromatic rings. The van der Waals surface area contributed by atoms with E-state index in [1.165, 1.54) is 12.1 Å². The molecular weight excluding hydrogens is 335 g/mol. The molecular formula is C11H8Cl2F3N2OP. The number of nitrogens with zero attached hydrogens (tertiary/aromatic N) is 2. The number of benzene rings is 1. The Balaban J connectivity index is 2.56. The van der Waals surface area contributed by atoms with E-state index in [4.69, 9.17) is 22.8 Å². The summed E-state index contributed by atoms with van der Waals surface area (Å²) >= 11 is 10.7. The Kier molecular flexibility index (Phi) is 4.19. The highest BCUT2D eigenvalue weighted by Gasteiger charge is 2.45. The van der Waals surface area contributed by atoms with E-state index < -0.39 is 23.7 Å². The molecule has 0 aliphatic rings. The number of hydrogen-bond acceptors (Lipinski definition) is 2. The third-order valence-electron chi connectivity index (χ3n) is 2.55. The van der Waals surface area contributed by atoms with Crippen molar-refractivity contribution in [1.82, 2.24) is 9.55 Å². The highest BCUT2D eigenvalue weighted by molar-refractivity contribution is 8.00. The van der Waals surface area contributed by atoms with Gasteiger partial charge in [0.15, 0.2) is 5.57 Å². The SMILES string of the molecule is O=P(Cl)(c1ccccc1)c1nccn1C(F)(F)C(F)Cl. The van der Waals surface area contributed by atoms with Crippen molar-refractivity contribution in [2.24, 2.45) is 0 Å². The topological polar surface area (TPSA) is 34.9 Å². The molecule has 1 heterocycles. The van der Waals surface area contributed by atoms with Gasteiger partial charge in [0.1, 0.15) is 0 Å². The Morgan fingerprint density at radius 2 is 1.90 bits per heavy atom. The first-order chi connectivity index (χ1) is 9.28. The highest BCUT2D eigenvalue weighted by Crippen LogP contribution is 2.49. The maximum atomic E-state index is 13.7. The van der Waals surface area contributed by atoms with Crippen LogP contribution in [-0.2, 0) is 10.6 Å². The highest BCUT2D eigenvalue weighted by atomic mass is 35.7. The van der Waals surface area contributed by atoms with Gasteiger partial charge in [0.05, 0.1) is 0 Å². The molecule has 0 saturated carbocycles. The van der Waals surface area contributed by atoms with E-state index in [-0.39, 0.29) is 9.87 Å². The third kappa shape index (κ3) is 2.60. The van der Waals surface area contributed by atoms with Gasteiger partial charge in [-0.25, -0.2) is 9.37 Å². The fourth-order valence-electron chi connectivity index (χ4n) is 1.58. The van der Waals surface area contributed by atoms with Crippen LogP contribution in [0.4, 0.5) is 13.2 Å². The average Bonchev–Trinajstić information content (AvgIpc) is 2.90. The zero-order valence-electron chi connectivity index (χ0n) is 9.76. The normalized spacial score (nSPS) is 16.6. The Morgan fingerprint density at radius 1 is 1.30 bits per heavy atom. The van der Waals surface area contributed by atoms with Gasteiger partial charge in [0, 0.05) is 17.7 Å². The summed E-state index contributed by atoms with van der Waals surface area (Å²) in [5, 5.41) is 0.120. The summed E-state index contributed by atoms with van der Waals surface area (Å²) in [6.45, 7) is -3.90. The molecule has 2 rings (SSSR count). The largest absolute Gasteiger partial charge is 0.375 e. The summed E-state index contributed by atoms with van der Waals surface area (Å²) < 4.78 is 52.8. The smallest absolute Gasteiger partial charge is 0.293 e. The van der Waals surface area contributed by atoms with Gasteiger partial charge in [-0.2, -0.15) is 8.78 Å². The van der Waals surface area contributed by atoms with E-state index in [1.807, 2.05) is 0 Å². The minimum Gasteiger partial charge on any atom is -0.293 e. The second kappa shape index (κ2) is 5.43. The zero-order valence-corrected chi connectivity index (χ0v) is 12.2. The Labute approximate surface area is 122 Å². The van der Waals surface area contributed by atoms with Crippen molar-refractivity contribution < 1.29 is 17.7 Å². The van der Waals surface area contributed by atoms with Gasteiger partial charge in [-0.05, 0) is 23.4 Å². The van der Waals surface area contributed by atoms with E-state index in [9.17, 15) is 17.7 Å². The molecule has 20 heavy (non-hydrogen) atoms. The number of alkyl halides is 4. The lowest BCUT2D eigenvalue weighted by atomic mass is 10.4. The molecule has 3 nitrogen and oxygen atoms in total. The average molecular weight is 343 g/mol. The van der Waals surface area contributed by atoms with Crippen LogP contribution in [0.25, 0.3) is 0 Å². The van der Waals surface area contributed by atoms with Gasteiger partial charge >= 0.3 is 6.05 Å². The lowest BCUT2D eigenvalue weighted by Crippen LogP contribution is -2.38. The number of hydrogen-bond donors (Lipinski definition) is 0. The molecule has 0 amide bonds. The van der Waals surface area contributed by atoms with Gasteiger partial charge < -0.3 is 0 Å². The van der Waals surface area contributed by atoms with Crippen molar-refractivity contribution in [1.29, 1.82) is 0 Å². The van der Waals surface area contributed by atoms with Crippen molar-refractivity contribution >= 4 is 40.2 Å². The molecule has 0 spiro atoms. The summed E-state index contributed by atoms with van der Waals surface area (Å²) in [5.41, 5.74) is -3.62. The summed E-state index contributed by atoms with van der Waals surface area (Å²) in [6.07, 6.45) is 1.74. The number of rotatable bonds is 4. The molecule has 2 unspecified atom stereocenters. The van der Waals surface area contributed by atoms with E-state index in [0.29, 0.717) is 0 Å². The maximum absolute atomic E-state index is 13.7. The minimum absolute atomic E-state index is 0.103. The Hall–Kier alpha value is -0.970. The van der Waals surface area contributed by atoms with Crippen LogP contribution in [0.2, 0.25) is 0 Å². The fourth-order valence-corrected chi connectivity index (χ4v) is 3.88. The van der Waals surface area contributed by atoms with Gasteiger partial charge in [-0.3, -0.25) is 9.13 Å². The van der Waals surface area contributed by atoms with Crippen LogP contribution in [-0.4, -0.2) is 15.2 Å². The number of imidazole rings is 1. The van der Waals surface area contributed by atoms with Crippen LogP contribution in [0.15, 0.2) is 42.7 Å². The fraction of sp³-hybridized carbons (Fsp3) is 0.182. The minimum atomic E-state index is -4.10.